The minimum absolute atomic E-state index is 0.0894. The number of rotatable bonds is 3. The Balaban J connectivity index is 1.72. The van der Waals surface area contributed by atoms with Crippen LogP contribution in [-0.4, -0.2) is 36.1 Å². The van der Waals surface area contributed by atoms with Crippen LogP contribution in [0.2, 0.25) is 0 Å². The molecule has 2 N–H and O–H groups in total. The lowest BCUT2D eigenvalue weighted by Crippen LogP contribution is -2.43. The first-order chi connectivity index (χ1) is 8.96. The van der Waals surface area contributed by atoms with Crippen LogP contribution in [0.15, 0.2) is 22.8 Å². The Hall–Kier alpha value is -1.44. The summed E-state index contributed by atoms with van der Waals surface area (Å²) in [6.45, 7) is 4.67. The Morgan fingerprint density at radius 1 is 1.58 bits per heavy atom. The first-order valence-corrected chi connectivity index (χ1v) is 6.31. The standard InChI is InChI=1S/C12H16N2O4S/c1-12(2)17-7-8(18-12)6-13-11(19)14-10(15)9-4-3-5-16-9/h3-5,8H,6-7H2,1-2H3,(H2,13,14,15,19). The van der Waals surface area contributed by atoms with Gasteiger partial charge in [0.05, 0.1) is 12.9 Å². The van der Waals surface area contributed by atoms with E-state index in [1.807, 2.05) is 13.8 Å². The van der Waals surface area contributed by atoms with Gasteiger partial charge in [0, 0.05) is 6.54 Å². The topological polar surface area (TPSA) is 72.7 Å². The van der Waals surface area contributed by atoms with Crippen molar-refractivity contribution in [2.24, 2.45) is 0 Å². The van der Waals surface area contributed by atoms with E-state index in [2.05, 4.69) is 10.6 Å². The zero-order valence-electron chi connectivity index (χ0n) is 10.8. The largest absolute Gasteiger partial charge is 0.459 e. The molecule has 0 saturated carbocycles. The average Bonchev–Trinajstić information content (AvgIpc) is 2.95. The molecule has 1 aromatic heterocycles. The normalized spacial score (nSPS) is 21.1. The highest BCUT2D eigenvalue weighted by Crippen LogP contribution is 2.21. The van der Waals surface area contributed by atoms with Crippen LogP contribution in [0.25, 0.3) is 0 Å². The third-order valence-corrected chi connectivity index (χ3v) is 2.78. The molecule has 104 valence electrons. The zero-order chi connectivity index (χ0) is 13.9. The third kappa shape index (κ3) is 4.02. The van der Waals surface area contributed by atoms with Crippen LogP contribution in [0.3, 0.4) is 0 Å². The molecule has 0 aliphatic carbocycles. The molecule has 2 heterocycles. The van der Waals surface area contributed by atoms with Crippen molar-refractivity contribution < 1.29 is 18.7 Å². The molecule has 2 rings (SSSR count). The maximum absolute atomic E-state index is 11.6. The molecule has 1 atom stereocenters. The first-order valence-electron chi connectivity index (χ1n) is 5.91. The van der Waals surface area contributed by atoms with Crippen molar-refractivity contribution >= 4 is 23.2 Å². The van der Waals surface area contributed by atoms with Crippen LogP contribution in [-0.2, 0) is 9.47 Å². The predicted molar refractivity (Wildman–Crippen MR) is 71.7 cm³/mol. The third-order valence-electron chi connectivity index (χ3n) is 2.53. The Labute approximate surface area is 116 Å². The van der Waals surface area contributed by atoms with Crippen molar-refractivity contribution in [3.63, 3.8) is 0 Å². The SMILES string of the molecule is CC1(C)OCC(CNC(=S)NC(=O)c2ccco2)O1. The van der Waals surface area contributed by atoms with Gasteiger partial charge in [0.2, 0.25) is 0 Å². The van der Waals surface area contributed by atoms with Gasteiger partial charge in [-0.25, -0.2) is 0 Å². The minimum Gasteiger partial charge on any atom is -0.459 e. The molecule has 0 spiro atoms. The molecule has 1 aliphatic rings. The number of ether oxygens (including phenoxy) is 2. The van der Waals surface area contributed by atoms with Crippen LogP contribution in [0, 0.1) is 0 Å². The van der Waals surface area contributed by atoms with Crippen molar-refractivity contribution in [1.29, 1.82) is 0 Å². The van der Waals surface area contributed by atoms with Gasteiger partial charge in [-0.15, -0.1) is 0 Å². The van der Waals surface area contributed by atoms with Crippen LogP contribution < -0.4 is 10.6 Å². The van der Waals surface area contributed by atoms with Crippen molar-refractivity contribution in [2.45, 2.75) is 25.7 Å². The van der Waals surface area contributed by atoms with Crippen molar-refractivity contribution in [2.75, 3.05) is 13.2 Å². The molecule has 0 radical (unpaired) electrons. The molecule has 1 aromatic rings. The van der Waals surface area contributed by atoms with E-state index in [1.165, 1.54) is 6.26 Å². The molecule has 6 nitrogen and oxygen atoms in total. The summed E-state index contributed by atoms with van der Waals surface area (Å²) in [6.07, 6.45) is 1.34. The van der Waals surface area contributed by atoms with Crippen LogP contribution in [0.5, 0.6) is 0 Å². The number of carbonyl (C=O) groups is 1. The molecular weight excluding hydrogens is 268 g/mol. The molecule has 1 aliphatic heterocycles. The molecule has 7 heteroatoms. The summed E-state index contributed by atoms with van der Waals surface area (Å²) in [5.41, 5.74) is 0. The van der Waals surface area contributed by atoms with E-state index in [0.29, 0.717) is 13.2 Å². The highest BCUT2D eigenvalue weighted by molar-refractivity contribution is 7.80. The number of hydrogen-bond acceptors (Lipinski definition) is 5. The smallest absolute Gasteiger partial charge is 0.293 e. The van der Waals surface area contributed by atoms with Gasteiger partial charge >= 0.3 is 0 Å². The maximum Gasteiger partial charge on any atom is 0.293 e. The maximum atomic E-state index is 11.6. The summed E-state index contributed by atoms with van der Waals surface area (Å²) < 4.78 is 16.0. The summed E-state index contributed by atoms with van der Waals surface area (Å²) in [6, 6.07) is 3.20. The van der Waals surface area contributed by atoms with E-state index in [1.54, 1.807) is 12.1 Å². The van der Waals surface area contributed by atoms with E-state index in [0.717, 1.165) is 0 Å². The lowest BCUT2D eigenvalue weighted by Gasteiger charge is -2.17. The molecule has 1 fully saturated rings. The summed E-state index contributed by atoms with van der Waals surface area (Å²) in [5, 5.41) is 5.66. The lowest BCUT2D eigenvalue weighted by molar-refractivity contribution is -0.137. The number of amides is 1. The van der Waals surface area contributed by atoms with E-state index < -0.39 is 5.79 Å². The summed E-state index contributed by atoms with van der Waals surface area (Å²) in [4.78, 5) is 11.6. The van der Waals surface area contributed by atoms with Crippen LogP contribution in [0.4, 0.5) is 0 Å². The second kappa shape index (κ2) is 5.68. The molecule has 0 aromatic carbocycles. The van der Waals surface area contributed by atoms with Gasteiger partial charge in [0.25, 0.3) is 5.91 Å². The fourth-order valence-corrected chi connectivity index (χ4v) is 1.86. The molecule has 1 unspecified atom stereocenters. The average molecular weight is 284 g/mol. The second-order valence-electron chi connectivity index (χ2n) is 4.59. The molecular formula is C12H16N2O4S. The van der Waals surface area contributed by atoms with Crippen molar-refractivity contribution in [3.05, 3.63) is 24.2 Å². The van der Waals surface area contributed by atoms with Gasteiger partial charge in [0.15, 0.2) is 16.7 Å². The Morgan fingerprint density at radius 3 is 2.95 bits per heavy atom. The van der Waals surface area contributed by atoms with E-state index in [9.17, 15) is 4.79 Å². The minimum atomic E-state index is -0.564. The molecule has 19 heavy (non-hydrogen) atoms. The molecule has 1 saturated heterocycles. The Kier molecular flexibility index (Phi) is 4.18. The fourth-order valence-electron chi connectivity index (χ4n) is 1.69. The quantitative estimate of drug-likeness (QED) is 0.808. The van der Waals surface area contributed by atoms with Gasteiger partial charge in [-0.2, -0.15) is 0 Å². The van der Waals surface area contributed by atoms with Gasteiger partial charge in [0.1, 0.15) is 6.10 Å². The fraction of sp³-hybridized carbons (Fsp3) is 0.500. The number of hydrogen-bond donors (Lipinski definition) is 2. The van der Waals surface area contributed by atoms with E-state index in [4.69, 9.17) is 26.1 Å². The summed E-state index contributed by atoms with van der Waals surface area (Å²) >= 11 is 5.01. The molecule has 1 amide bonds. The van der Waals surface area contributed by atoms with Gasteiger partial charge in [-0.05, 0) is 38.2 Å². The predicted octanol–water partition coefficient (Wildman–Crippen LogP) is 1.04. The first kappa shape index (κ1) is 14.0. The monoisotopic (exact) mass is 284 g/mol. The van der Waals surface area contributed by atoms with E-state index >= 15 is 0 Å². The van der Waals surface area contributed by atoms with Gasteiger partial charge < -0.3 is 19.2 Å². The van der Waals surface area contributed by atoms with Crippen LogP contribution in [0.1, 0.15) is 24.4 Å². The summed E-state index contributed by atoms with van der Waals surface area (Å²) in [5.74, 6) is -0.733. The number of carbonyl (C=O) groups excluding carboxylic acids is 1. The Morgan fingerprint density at radius 2 is 2.37 bits per heavy atom. The van der Waals surface area contributed by atoms with Gasteiger partial charge in [-0.1, -0.05) is 0 Å². The number of furan rings is 1. The number of nitrogens with one attached hydrogen (secondary N) is 2. The zero-order valence-corrected chi connectivity index (χ0v) is 11.6. The van der Waals surface area contributed by atoms with Crippen LogP contribution >= 0.6 is 12.2 Å². The second-order valence-corrected chi connectivity index (χ2v) is 5.00. The lowest BCUT2D eigenvalue weighted by atomic mass is 10.4. The van der Waals surface area contributed by atoms with Gasteiger partial charge in [-0.3, -0.25) is 10.1 Å². The highest BCUT2D eigenvalue weighted by Gasteiger charge is 2.32. The van der Waals surface area contributed by atoms with Crippen molar-refractivity contribution in [3.8, 4) is 0 Å². The van der Waals surface area contributed by atoms with Crippen molar-refractivity contribution in [1.82, 2.24) is 10.6 Å². The number of thiocarbonyl (C=S) groups is 1. The van der Waals surface area contributed by atoms with E-state index in [-0.39, 0.29) is 22.9 Å². The summed E-state index contributed by atoms with van der Waals surface area (Å²) in [7, 11) is 0. The molecule has 0 bridgehead atoms. The highest BCUT2D eigenvalue weighted by atomic mass is 32.1. The Bertz CT molecular complexity index is 458.